The lowest BCUT2D eigenvalue weighted by Gasteiger charge is -2.50. The number of H-pyrrole nitrogens is 1. The fraction of sp³-hybridized carbons (Fsp3) is 0.789. The Hall–Kier alpha value is -1.44. The first-order chi connectivity index (χ1) is 12.7. The summed E-state index contributed by atoms with van der Waals surface area (Å²) in [4.78, 5) is 17.9. The van der Waals surface area contributed by atoms with E-state index in [1.54, 1.807) is 0 Å². The topological polar surface area (TPSA) is 76.3 Å². The summed E-state index contributed by atoms with van der Waals surface area (Å²) in [6.45, 7) is 6.96. The van der Waals surface area contributed by atoms with Gasteiger partial charge in [0.2, 0.25) is 0 Å². The molecule has 0 spiro atoms. The van der Waals surface area contributed by atoms with E-state index in [4.69, 9.17) is 0 Å². The third-order valence-corrected chi connectivity index (χ3v) is 6.54. The van der Waals surface area contributed by atoms with Crippen molar-refractivity contribution in [1.82, 2.24) is 30.6 Å². The van der Waals surface area contributed by atoms with Gasteiger partial charge >= 0.3 is 0 Å². The lowest BCUT2D eigenvalue weighted by Crippen LogP contribution is -2.61. The molecule has 0 aromatic carbocycles. The number of nitrogens with zero attached hydrogens (tertiary/aromatic N) is 3. The number of aromatic amines is 1. The number of nitrogens with one attached hydrogen (secondary N) is 3. The minimum absolute atomic E-state index is 0.0264. The maximum Gasteiger partial charge on any atom is 0.272 e. The predicted octanol–water partition coefficient (Wildman–Crippen LogP) is 0.736. The Balaban J connectivity index is 1.46. The second-order valence-electron chi connectivity index (χ2n) is 8.21. The zero-order valence-electron chi connectivity index (χ0n) is 15.9. The molecule has 4 rings (SSSR count). The van der Waals surface area contributed by atoms with Crippen LogP contribution in [0.4, 0.5) is 0 Å². The molecule has 7 heteroatoms. The Labute approximate surface area is 155 Å². The number of hydrogen-bond acceptors (Lipinski definition) is 5. The standard InChI is InChI=1S/C19H32N6O/c1-24-11-6-19(7-12-24,25-9-3-2-4-10-25)14-21-18(26)17-15-13-20-8-5-16(15)22-23-17/h20H,2-14H2,1H3,(H,21,26)(H,22,23). The van der Waals surface area contributed by atoms with Crippen molar-refractivity contribution < 1.29 is 4.79 Å². The smallest absolute Gasteiger partial charge is 0.272 e. The fourth-order valence-corrected chi connectivity index (χ4v) is 4.75. The third kappa shape index (κ3) is 3.52. The lowest BCUT2D eigenvalue weighted by atomic mass is 9.84. The lowest BCUT2D eigenvalue weighted by molar-refractivity contribution is 0.0144. The number of fused-ring (bicyclic) bond motifs is 1. The Morgan fingerprint density at radius 3 is 2.73 bits per heavy atom. The van der Waals surface area contributed by atoms with Gasteiger partial charge in [-0.1, -0.05) is 6.42 Å². The molecule has 1 aromatic rings. The van der Waals surface area contributed by atoms with Crippen LogP contribution < -0.4 is 10.6 Å². The van der Waals surface area contributed by atoms with E-state index < -0.39 is 0 Å². The van der Waals surface area contributed by atoms with Gasteiger partial charge in [-0.15, -0.1) is 0 Å². The summed E-state index contributed by atoms with van der Waals surface area (Å²) in [6, 6.07) is 0. The second kappa shape index (κ2) is 7.66. The monoisotopic (exact) mass is 360 g/mol. The normalized spacial score (nSPS) is 24.2. The number of rotatable bonds is 4. The van der Waals surface area contributed by atoms with Crippen molar-refractivity contribution in [2.45, 2.75) is 50.6 Å². The molecule has 0 saturated carbocycles. The van der Waals surface area contributed by atoms with Gasteiger partial charge in [-0.25, -0.2) is 0 Å². The third-order valence-electron chi connectivity index (χ3n) is 6.54. The van der Waals surface area contributed by atoms with Gasteiger partial charge in [0.05, 0.1) is 0 Å². The highest BCUT2D eigenvalue weighted by Gasteiger charge is 2.40. The molecule has 3 N–H and O–H groups in total. The quantitative estimate of drug-likeness (QED) is 0.738. The van der Waals surface area contributed by atoms with E-state index in [2.05, 4.69) is 37.7 Å². The van der Waals surface area contributed by atoms with Crippen molar-refractivity contribution in [3.8, 4) is 0 Å². The molecule has 0 bridgehead atoms. The maximum atomic E-state index is 12.9. The Kier molecular flexibility index (Phi) is 5.29. The number of amides is 1. The summed E-state index contributed by atoms with van der Waals surface area (Å²) in [7, 11) is 2.20. The molecule has 0 unspecified atom stereocenters. The SMILES string of the molecule is CN1CCC(CNC(=O)c2n[nH]c3c2CNCC3)(N2CCCCC2)CC1. The minimum Gasteiger partial charge on any atom is -0.349 e. The average molecular weight is 361 g/mol. The largest absolute Gasteiger partial charge is 0.349 e. The number of carbonyl (C=O) groups excluding carboxylic acids is 1. The van der Waals surface area contributed by atoms with E-state index in [0.29, 0.717) is 5.69 Å². The minimum atomic E-state index is -0.0264. The van der Waals surface area contributed by atoms with Gasteiger partial charge < -0.3 is 15.5 Å². The van der Waals surface area contributed by atoms with Gasteiger partial charge in [0.1, 0.15) is 0 Å². The van der Waals surface area contributed by atoms with Crippen LogP contribution in [-0.4, -0.2) is 77.8 Å². The molecular formula is C19H32N6O. The second-order valence-corrected chi connectivity index (χ2v) is 8.21. The van der Waals surface area contributed by atoms with Gasteiger partial charge in [0, 0.05) is 42.9 Å². The molecule has 26 heavy (non-hydrogen) atoms. The molecule has 0 aliphatic carbocycles. The summed E-state index contributed by atoms with van der Waals surface area (Å²) in [5.41, 5.74) is 2.84. The van der Waals surface area contributed by atoms with E-state index in [9.17, 15) is 4.79 Å². The zero-order chi connectivity index (χ0) is 18.0. The summed E-state index contributed by atoms with van der Waals surface area (Å²) in [5.74, 6) is -0.0264. The Morgan fingerprint density at radius 2 is 1.96 bits per heavy atom. The molecular weight excluding hydrogens is 328 g/mol. The highest BCUT2D eigenvalue weighted by Crippen LogP contribution is 2.31. The molecule has 1 aromatic heterocycles. The molecule has 144 valence electrons. The van der Waals surface area contributed by atoms with Crippen LogP contribution in [0.5, 0.6) is 0 Å². The van der Waals surface area contributed by atoms with Gasteiger partial charge in [-0.05, 0) is 58.9 Å². The molecule has 4 heterocycles. The first kappa shape index (κ1) is 17.9. The highest BCUT2D eigenvalue weighted by atomic mass is 16.2. The molecule has 3 aliphatic heterocycles. The number of hydrogen-bond donors (Lipinski definition) is 3. The first-order valence-electron chi connectivity index (χ1n) is 10.2. The van der Waals surface area contributed by atoms with Crippen LogP contribution in [-0.2, 0) is 13.0 Å². The van der Waals surface area contributed by atoms with Crippen LogP contribution >= 0.6 is 0 Å². The van der Waals surface area contributed by atoms with Crippen molar-refractivity contribution in [1.29, 1.82) is 0 Å². The molecule has 1 amide bonds. The molecule has 2 saturated heterocycles. The van der Waals surface area contributed by atoms with Gasteiger partial charge in [0.15, 0.2) is 5.69 Å². The number of piperidine rings is 2. The first-order valence-corrected chi connectivity index (χ1v) is 10.2. The number of aromatic nitrogens is 2. The highest BCUT2D eigenvalue weighted by molar-refractivity contribution is 5.94. The van der Waals surface area contributed by atoms with E-state index in [1.165, 1.54) is 32.4 Å². The molecule has 0 radical (unpaired) electrons. The van der Waals surface area contributed by atoms with Crippen molar-refractivity contribution in [2.24, 2.45) is 0 Å². The van der Waals surface area contributed by atoms with Gasteiger partial charge in [-0.2, -0.15) is 5.10 Å². The van der Waals surface area contributed by atoms with Crippen LogP contribution in [0, 0.1) is 0 Å². The molecule has 0 atom stereocenters. The Morgan fingerprint density at radius 1 is 1.19 bits per heavy atom. The maximum absolute atomic E-state index is 12.9. The molecule has 3 aliphatic rings. The van der Waals surface area contributed by atoms with Crippen molar-refractivity contribution in [3.63, 3.8) is 0 Å². The van der Waals surface area contributed by atoms with Crippen molar-refractivity contribution >= 4 is 5.91 Å². The summed E-state index contributed by atoms with van der Waals surface area (Å²) in [6.07, 6.45) is 7.08. The van der Waals surface area contributed by atoms with Gasteiger partial charge in [0.25, 0.3) is 5.91 Å². The molecule has 2 fully saturated rings. The summed E-state index contributed by atoms with van der Waals surface area (Å²) >= 11 is 0. The van der Waals surface area contributed by atoms with Crippen LogP contribution in [0.1, 0.15) is 53.8 Å². The van der Waals surface area contributed by atoms with E-state index in [-0.39, 0.29) is 11.4 Å². The summed E-state index contributed by atoms with van der Waals surface area (Å²) < 4.78 is 0. The number of carbonyl (C=O) groups is 1. The van der Waals surface area contributed by atoms with Crippen LogP contribution in [0.25, 0.3) is 0 Å². The predicted molar refractivity (Wildman–Crippen MR) is 101 cm³/mol. The van der Waals surface area contributed by atoms with Crippen molar-refractivity contribution in [3.05, 3.63) is 17.0 Å². The van der Waals surface area contributed by atoms with Crippen LogP contribution in [0.2, 0.25) is 0 Å². The average Bonchev–Trinajstić information content (AvgIpc) is 3.13. The van der Waals surface area contributed by atoms with Crippen LogP contribution in [0.15, 0.2) is 0 Å². The van der Waals surface area contributed by atoms with Gasteiger partial charge in [-0.3, -0.25) is 14.8 Å². The van der Waals surface area contributed by atoms with E-state index >= 15 is 0 Å². The molecule has 7 nitrogen and oxygen atoms in total. The fourth-order valence-electron chi connectivity index (χ4n) is 4.75. The summed E-state index contributed by atoms with van der Waals surface area (Å²) in [5, 5.41) is 14.0. The van der Waals surface area contributed by atoms with Crippen molar-refractivity contribution in [2.75, 3.05) is 46.3 Å². The zero-order valence-corrected chi connectivity index (χ0v) is 15.9. The van der Waals surface area contributed by atoms with Crippen LogP contribution in [0.3, 0.4) is 0 Å². The van der Waals surface area contributed by atoms with E-state index in [1.807, 2.05) is 0 Å². The number of likely N-dealkylation sites (tertiary alicyclic amines) is 2. The Bertz CT molecular complexity index is 628. The van der Waals surface area contributed by atoms with E-state index in [0.717, 1.165) is 63.2 Å².